The van der Waals surface area contributed by atoms with Gasteiger partial charge in [-0.1, -0.05) is 19.3 Å². The number of aromatic nitrogens is 3. The maximum absolute atomic E-state index is 13.5. The Kier molecular flexibility index (Phi) is 5.30. The van der Waals surface area contributed by atoms with Gasteiger partial charge in [-0.15, -0.1) is 0 Å². The molecular weight excluding hydrogens is 361 g/mol. The summed E-state index contributed by atoms with van der Waals surface area (Å²) < 4.78 is 47.2. The highest BCUT2D eigenvalue weighted by Crippen LogP contribution is 2.37. The Morgan fingerprint density at radius 1 is 1.33 bits per heavy atom. The third-order valence-corrected chi connectivity index (χ3v) is 4.87. The molecule has 6 nitrogen and oxygen atoms in total. The number of hydrogen-bond acceptors (Lipinski definition) is 4. The third-order valence-electron chi connectivity index (χ3n) is 4.87. The van der Waals surface area contributed by atoms with Gasteiger partial charge in [0, 0.05) is 19.2 Å². The van der Waals surface area contributed by atoms with E-state index < -0.39 is 17.8 Å². The fourth-order valence-electron chi connectivity index (χ4n) is 3.51. The van der Waals surface area contributed by atoms with Gasteiger partial charge in [-0.2, -0.15) is 23.3 Å². The van der Waals surface area contributed by atoms with Crippen molar-refractivity contribution in [1.29, 1.82) is 0 Å². The van der Waals surface area contributed by atoms with Crippen molar-refractivity contribution in [2.75, 3.05) is 0 Å². The summed E-state index contributed by atoms with van der Waals surface area (Å²) in [6.07, 6.45) is -0.426. The van der Waals surface area contributed by atoms with Crippen molar-refractivity contribution in [3.63, 3.8) is 0 Å². The summed E-state index contributed by atoms with van der Waals surface area (Å²) in [5, 5.41) is 6.86. The number of pyridine rings is 1. The van der Waals surface area contributed by atoms with Gasteiger partial charge in [0.1, 0.15) is 0 Å². The highest BCUT2D eigenvalue weighted by atomic mass is 19.4. The Labute approximate surface area is 155 Å². The van der Waals surface area contributed by atoms with E-state index in [9.17, 15) is 18.0 Å². The van der Waals surface area contributed by atoms with Crippen molar-refractivity contribution in [3.8, 4) is 5.88 Å². The van der Waals surface area contributed by atoms with Crippen LogP contribution < -0.4 is 10.1 Å². The van der Waals surface area contributed by atoms with E-state index in [0.29, 0.717) is 0 Å². The van der Waals surface area contributed by atoms with E-state index >= 15 is 0 Å². The minimum Gasteiger partial charge on any atom is -0.464 e. The number of alkyl halides is 3. The van der Waals surface area contributed by atoms with Crippen LogP contribution in [0, 0.1) is 6.92 Å². The highest BCUT2D eigenvalue weighted by molar-refractivity contribution is 5.84. The first kappa shape index (κ1) is 19.4. The van der Waals surface area contributed by atoms with Crippen molar-refractivity contribution >= 4 is 16.9 Å². The van der Waals surface area contributed by atoms with Crippen LogP contribution in [0.25, 0.3) is 11.0 Å². The average molecular weight is 384 g/mol. The van der Waals surface area contributed by atoms with E-state index in [2.05, 4.69) is 15.4 Å². The first-order valence-corrected chi connectivity index (χ1v) is 9.05. The number of carbonyl (C=O) groups excluding carboxylic acids is 1. The first-order valence-electron chi connectivity index (χ1n) is 9.05. The van der Waals surface area contributed by atoms with Crippen molar-refractivity contribution in [3.05, 3.63) is 17.3 Å². The van der Waals surface area contributed by atoms with Crippen molar-refractivity contribution in [2.24, 2.45) is 7.05 Å². The van der Waals surface area contributed by atoms with Crippen LogP contribution in [-0.4, -0.2) is 32.8 Å². The summed E-state index contributed by atoms with van der Waals surface area (Å²) in [6.45, 7) is 3.01. The highest BCUT2D eigenvalue weighted by Gasteiger charge is 2.36. The molecule has 0 unspecified atom stereocenters. The molecule has 0 bridgehead atoms. The van der Waals surface area contributed by atoms with E-state index in [-0.39, 0.29) is 34.6 Å². The summed E-state index contributed by atoms with van der Waals surface area (Å²) >= 11 is 0. The van der Waals surface area contributed by atoms with Gasteiger partial charge in [-0.25, -0.2) is 0 Å². The molecule has 0 aromatic carbocycles. The second-order valence-corrected chi connectivity index (χ2v) is 7.02. The molecule has 27 heavy (non-hydrogen) atoms. The van der Waals surface area contributed by atoms with Gasteiger partial charge in [0.25, 0.3) is 5.91 Å². The zero-order valence-electron chi connectivity index (χ0n) is 15.6. The molecule has 1 saturated carbocycles. The molecule has 1 amide bonds. The van der Waals surface area contributed by atoms with Crippen molar-refractivity contribution in [1.82, 2.24) is 20.1 Å². The smallest absolute Gasteiger partial charge is 0.417 e. The summed E-state index contributed by atoms with van der Waals surface area (Å²) in [6, 6.07) is 0.930. The fourth-order valence-corrected chi connectivity index (χ4v) is 3.51. The maximum Gasteiger partial charge on any atom is 0.417 e. The molecule has 9 heteroatoms. The van der Waals surface area contributed by atoms with Crippen LogP contribution in [0.1, 0.15) is 50.3 Å². The Morgan fingerprint density at radius 2 is 2.00 bits per heavy atom. The molecule has 0 radical (unpaired) electrons. The van der Waals surface area contributed by atoms with Crippen LogP contribution in [0.4, 0.5) is 13.2 Å². The predicted octanol–water partition coefficient (Wildman–Crippen LogP) is 3.51. The molecule has 3 rings (SSSR count). The molecular formula is C18H23F3N4O2. The number of nitrogens with zero attached hydrogens (tertiary/aromatic N) is 3. The molecule has 1 aliphatic rings. The molecule has 1 N–H and O–H groups in total. The van der Waals surface area contributed by atoms with Crippen LogP contribution in [0.15, 0.2) is 6.07 Å². The number of hydrogen-bond donors (Lipinski definition) is 1. The molecule has 2 aromatic rings. The van der Waals surface area contributed by atoms with E-state index in [0.717, 1.165) is 38.2 Å². The average Bonchev–Trinajstić information content (AvgIpc) is 2.88. The number of rotatable bonds is 4. The molecule has 1 aliphatic carbocycles. The molecule has 2 aromatic heterocycles. The van der Waals surface area contributed by atoms with Crippen LogP contribution >= 0.6 is 0 Å². The zero-order valence-corrected chi connectivity index (χ0v) is 15.6. The Bertz CT molecular complexity index is 841. The topological polar surface area (TPSA) is 69.0 Å². The minimum absolute atomic E-state index is 0.0586. The number of aryl methyl sites for hydroxylation is 2. The molecule has 148 valence electrons. The second kappa shape index (κ2) is 7.36. The largest absolute Gasteiger partial charge is 0.464 e. The van der Waals surface area contributed by atoms with Crippen LogP contribution in [0.2, 0.25) is 0 Å². The lowest BCUT2D eigenvalue weighted by Crippen LogP contribution is -2.43. The molecule has 2 heterocycles. The van der Waals surface area contributed by atoms with Crippen LogP contribution in [-0.2, 0) is 18.0 Å². The van der Waals surface area contributed by atoms with E-state index in [1.165, 1.54) is 25.6 Å². The Morgan fingerprint density at radius 3 is 2.63 bits per heavy atom. The van der Waals surface area contributed by atoms with E-state index in [1.807, 2.05) is 0 Å². The second-order valence-electron chi connectivity index (χ2n) is 7.02. The van der Waals surface area contributed by atoms with Crippen molar-refractivity contribution < 1.29 is 22.7 Å². The molecule has 0 aliphatic heterocycles. The Balaban J connectivity index is 1.83. The first-order chi connectivity index (χ1) is 12.7. The lowest BCUT2D eigenvalue weighted by molar-refractivity contribution is -0.136. The molecule has 1 fully saturated rings. The minimum atomic E-state index is -4.58. The molecule has 1 atom stereocenters. The Hall–Kier alpha value is -2.32. The summed E-state index contributed by atoms with van der Waals surface area (Å²) in [5.74, 6) is -0.595. The van der Waals surface area contributed by atoms with Gasteiger partial charge in [-0.05, 0) is 26.7 Å². The van der Waals surface area contributed by atoms with Gasteiger partial charge in [0.15, 0.2) is 11.8 Å². The number of halogens is 3. The molecule has 0 saturated heterocycles. The third kappa shape index (κ3) is 4.17. The molecule has 0 spiro atoms. The summed E-state index contributed by atoms with van der Waals surface area (Å²) in [7, 11) is 1.52. The monoisotopic (exact) mass is 384 g/mol. The van der Waals surface area contributed by atoms with E-state index in [1.54, 1.807) is 0 Å². The van der Waals surface area contributed by atoms with Gasteiger partial charge >= 0.3 is 6.18 Å². The SMILES string of the molecule is Cc1nn(C)c2nc(O[C@@H](C)C(=O)NC3CCCCC3)cc(C(F)(F)F)c12. The normalized spacial score (nSPS) is 17.1. The number of fused-ring (bicyclic) bond motifs is 1. The van der Waals surface area contributed by atoms with Crippen LogP contribution in [0.3, 0.4) is 0 Å². The van der Waals surface area contributed by atoms with Crippen LogP contribution in [0.5, 0.6) is 5.88 Å². The zero-order chi connectivity index (χ0) is 19.8. The number of amides is 1. The predicted molar refractivity (Wildman–Crippen MR) is 93.4 cm³/mol. The lowest BCUT2D eigenvalue weighted by atomic mass is 9.95. The summed E-state index contributed by atoms with van der Waals surface area (Å²) in [5.41, 5.74) is -0.563. The number of nitrogens with one attached hydrogen (secondary N) is 1. The maximum atomic E-state index is 13.5. The van der Waals surface area contributed by atoms with Crippen molar-refractivity contribution in [2.45, 2.75) is 64.3 Å². The van der Waals surface area contributed by atoms with Gasteiger partial charge in [-0.3, -0.25) is 9.48 Å². The number of carbonyl (C=O) groups is 1. The van der Waals surface area contributed by atoms with Gasteiger partial charge < -0.3 is 10.1 Å². The van der Waals surface area contributed by atoms with Gasteiger partial charge in [0.05, 0.1) is 16.6 Å². The quantitative estimate of drug-likeness (QED) is 0.876. The number of ether oxygens (including phenoxy) is 1. The van der Waals surface area contributed by atoms with Gasteiger partial charge in [0.2, 0.25) is 5.88 Å². The standard InChI is InChI=1S/C18H23F3N4O2/c1-10-15-13(18(19,20)21)9-14(23-16(15)25(3)24-10)27-11(2)17(26)22-12-7-5-4-6-8-12/h9,11-12H,4-8H2,1-3H3,(H,22,26)/t11-/m0/s1. The lowest BCUT2D eigenvalue weighted by Gasteiger charge is -2.24. The van der Waals surface area contributed by atoms with E-state index in [4.69, 9.17) is 4.74 Å². The summed E-state index contributed by atoms with van der Waals surface area (Å²) in [4.78, 5) is 16.5. The fraction of sp³-hybridized carbons (Fsp3) is 0.611.